The van der Waals surface area contributed by atoms with Gasteiger partial charge >= 0.3 is 0 Å². The number of rotatable bonds is 8. The molecule has 0 unspecified atom stereocenters. The van der Waals surface area contributed by atoms with E-state index in [1.165, 1.54) is 27.8 Å². The van der Waals surface area contributed by atoms with Gasteiger partial charge in [0, 0.05) is 11.0 Å². The summed E-state index contributed by atoms with van der Waals surface area (Å²) in [5.41, 5.74) is 6.21. The summed E-state index contributed by atoms with van der Waals surface area (Å²) in [5, 5.41) is 0. The SMILES string of the molecule is CC/C(=C(\c1cc[c]cc1)c1ccc(OCCN(C)C)cc1)c1ccc(Br)cc1. The molecule has 29 heavy (non-hydrogen) atoms. The van der Waals surface area contributed by atoms with Crippen LogP contribution in [0.5, 0.6) is 5.75 Å². The molecule has 0 aliphatic rings. The summed E-state index contributed by atoms with van der Waals surface area (Å²) in [6.45, 7) is 3.80. The van der Waals surface area contributed by atoms with E-state index in [4.69, 9.17) is 4.74 Å². The van der Waals surface area contributed by atoms with Crippen LogP contribution in [0, 0.1) is 6.07 Å². The number of benzene rings is 3. The van der Waals surface area contributed by atoms with Crippen molar-refractivity contribution in [2.24, 2.45) is 0 Å². The molecule has 0 aliphatic heterocycles. The summed E-state index contributed by atoms with van der Waals surface area (Å²) >= 11 is 3.54. The van der Waals surface area contributed by atoms with Crippen molar-refractivity contribution in [1.82, 2.24) is 4.90 Å². The van der Waals surface area contributed by atoms with E-state index in [1.54, 1.807) is 0 Å². The molecular weight excluding hydrogens is 422 g/mol. The van der Waals surface area contributed by atoms with E-state index < -0.39 is 0 Å². The second kappa shape index (κ2) is 10.4. The molecule has 3 aromatic rings. The van der Waals surface area contributed by atoms with Crippen molar-refractivity contribution >= 4 is 27.1 Å². The van der Waals surface area contributed by atoms with E-state index in [0.29, 0.717) is 6.61 Å². The number of hydrogen-bond acceptors (Lipinski definition) is 2. The van der Waals surface area contributed by atoms with Gasteiger partial charge in [0.2, 0.25) is 0 Å². The number of nitrogens with zero attached hydrogens (tertiary/aromatic N) is 1. The van der Waals surface area contributed by atoms with Crippen LogP contribution in [0.2, 0.25) is 0 Å². The summed E-state index contributed by atoms with van der Waals surface area (Å²) in [4.78, 5) is 2.12. The zero-order valence-electron chi connectivity index (χ0n) is 17.3. The zero-order chi connectivity index (χ0) is 20.6. The first-order chi connectivity index (χ1) is 14.1. The van der Waals surface area contributed by atoms with E-state index in [2.05, 4.69) is 109 Å². The average molecular weight is 449 g/mol. The van der Waals surface area contributed by atoms with E-state index in [1.807, 2.05) is 12.1 Å². The van der Waals surface area contributed by atoms with Gasteiger partial charge in [0.15, 0.2) is 0 Å². The Morgan fingerprint density at radius 2 is 1.45 bits per heavy atom. The Morgan fingerprint density at radius 1 is 0.862 bits per heavy atom. The zero-order valence-corrected chi connectivity index (χ0v) is 18.9. The second-order valence-corrected chi connectivity index (χ2v) is 8.09. The minimum Gasteiger partial charge on any atom is -0.492 e. The summed E-state index contributed by atoms with van der Waals surface area (Å²) in [6, 6.07) is 28.3. The van der Waals surface area contributed by atoms with Gasteiger partial charge in [-0.1, -0.05) is 71.4 Å². The third-order valence-electron chi connectivity index (χ3n) is 4.81. The Morgan fingerprint density at radius 3 is 2.03 bits per heavy atom. The van der Waals surface area contributed by atoms with Crippen LogP contribution in [0.3, 0.4) is 0 Å². The maximum atomic E-state index is 5.87. The summed E-state index contributed by atoms with van der Waals surface area (Å²) < 4.78 is 6.96. The fraction of sp³-hybridized carbons (Fsp3) is 0.231. The summed E-state index contributed by atoms with van der Waals surface area (Å²) in [6.07, 6.45) is 0.941. The van der Waals surface area contributed by atoms with Gasteiger partial charge < -0.3 is 9.64 Å². The van der Waals surface area contributed by atoms with Crippen LogP contribution < -0.4 is 4.74 Å². The molecule has 149 valence electrons. The smallest absolute Gasteiger partial charge is 0.119 e. The topological polar surface area (TPSA) is 12.5 Å². The van der Waals surface area contributed by atoms with Gasteiger partial charge in [0.05, 0.1) is 0 Å². The first-order valence-electron chi connectivity index (χ1n) is 9.92. The molecule has 0 aliphatic carbocycles. The number of likely N-dealkylation sites (N-methyl/N-ethyl adjacent to an activating group) is 1. The van der Waals surface area contributed by atoms with E-state index >= 15 is 0 Å². The van der Waals surface area contributed by atoms with Crippen molar-refractivity contribution in [3.8, 4) is 5.75 Å². The Kier molecular flexibility index (Phi) is 7.68. The third-order valence-corrected chi connectivity index (χ3v) is 5.33. The lowest BCUT2D eigenvalue weighted by atomic mass is 9.88. The quantitative estimate of drug-likeness (QED) is 0.361. The van der Waals surface area contributed by atoms with Crippen LogP contribution in [0.4, 0.5) is 0 Å². The van der Waals surface area contributed by atoms with Gasteiger partial charge in [-0.15, -0.1) is 0 Å². The minimum atomic E-state index is 0.683. The van der Waals surface area contributed by atoms with E-state index in [0.717, 1.165) is 23.2 Å². The van der Waals surface area contributed by atoms with Crippen molar-refractivity contribution in [3.63, 3.8) is 0 Å². The van der Waals surface area contributed by atoms with Crippen LogP contribution in [0.15, 0.2) is 77.3 Å². The largest absolute Gasteiger partial charge is 0.492 e. The molecule has 2 nitrogen and oxygen atoms in total. The minimum absolute atomic E-state index is 0.683. The molecule has 0 saturated carbocycles. The van der Waals surface area contributed by atoms with Crippen LogP contribution in [-0.2, 0) is 0 Å². The second-order valence-electron chi connectivity index (χ2n) is 7.18. The maximum absolute atomic E-state index is 5.87. The highest BCUT2D eigenvalue weighted by molar-refractivity contribution is 9.10. The number of hydrogen-bond donors (Lipinski definition) is 0. The molecule has 0 amide bonds. The molecule has 0 heterocycles. The van der Waals surface area contributed by atoms with E-state index in [9.17, 15) is 0 Å². The van der Waals surface area contributed by atoms with E-state index in [-0.39, 0.29) is 0 Å². The lowest BCUT2D eigenvalue weighted by molar-refractivity contribution is 0.261. The van der Waals surface area contributed by atoms with Crippen molar-refractivity contribution in [3.05, 3.63) is 100 Å². The maximum Gasteiger partial charge on any atom is 0.119 e. The Labute approximate surface area is 183 Å². The highest BCUT2D eigenvalue weighted by atomic mass is 79.9. The van der Waals surface area contributed by atoms with Crippen LogP contribution in [0.1, 0.15) is 30.0 Å². The summed E-state index contributed by atoms with van der Waals surface area (Å²) in [5.74, 6) is 0.901. The number of halogens is 1. The number of allylic oxidation sites excluding steroid dienone is 1. The normalized spacial score (nSPS) is 12.0. The van der Waals surface area contributed by atoms with Gasteiger partial charge in [0.1, 0.15) is 12.4 Å². The molecule has 3 aromatic carbocycles. The molecular formula is C26H27BrNO. The number of ether oxygens (including phenoxy) is 1. The average Bonchev–Trinajstić information content (AvgIpc) is 2.74. The fourth-order valence-corrected chi connectivity index (χ4v) is 3.57. The first-order valence-corrected chi connectivity index (χ1v) is 10.7. The third kappa shape index (κ3) is 5.81. The van der Waals surface area contributed by atoms with Crippen LogP contribution >= 0.6 is 15.9 Å². The van der Waals surface area contributed by atoms with Gasteiger partial charge in [-0.25, -0.2) is 0 Å². The molecule has 0 spiro atoms. The van der Waals surface area contributed by atoms with Crippen LogP contribution in [-0.4, -0.2) is 32.1 Å². The molecule has 1 radical (unpaired) electrons. The molecule has 0 N–H and O–H groups in total. The standard InChI is InChI=1S/C26H27BrNO/c1-4-25(20-10-14-23(27)15-11-20)26(21-8-6-5-7-9-21)22-12-16-24(17-13-22)29-19-18-28(2)3/h6-17H,4,18-19H2,1-3H3/b26-25-. The molecule has 0 bridgehead atoms. The lowest BCUT2D eigenvalue weighted by Crippen LogP contribution is -2.19. The molecule has 0 aromatic heterocycles. The molecule has 0 saturated heterocycles. The lowest BCUT2D eigenvalue weighted by Gasteiger charge is -2.17. The highest BCUT2D eigenvalue weighted by Gasteiger charge is 2.13. The molecule has 3 heteroatoms. The van der Waals surface area contributed by atoms with Crippen molar-refractivity contribution < 1.29 is 4.74 Å². The molecule has 0 atom stereocenters. The van der Waals surface area contributed by atoms with Gasteiger partial charge in [-0.05, 0) is 78.7 Å². The first kappa shape index (κ1) is 21.4. The Hall–Kier alpha value is -2.36. The predicted molar refractivity (Wildman–Crippen MR) is 126 cm³/mol. The fourth-order valence-electron chi connectivity index (χ4n) is 3.31. The van der Waals surface area contributed by atoms with Gasteiger partial charge in [0.25, 0.3) is 0 Å². The Balaban J connectivity index is 2.01. The van der Waals surface area contributed by atoms with Gasteiger partial charge in [-0.2, -0.15) is 0 Å². The molecule has 0 fully saturated rings. The van der Waals surface area contributed by atoms with Crippen molar-refractivity contribution in [2.75, 3.05) is 27.2 Å². The van der Waals surface area contributed by atoms with Gasteiger partial charge in [-0.3, -0.25) is 0 Å². The van der Waals surface area contributed by atoms with Crippen LogP contribution in [0.25, 0.3) is 11.1 Å². The highest BCUT2D eigenvalue weighted by Crippen LogP contribution is 2.35. The van der Waals surface area contributed by atoms with Crippen molar-refractivity contribution in [2.45, 2.75) is 13.3 Å². The monoisotopic (exact) mass is 448 g/mol. The predicted octanol–water partition coefficient (Wildman–Crippen LogP) is 6.56. The summed E-state index contributed by atoms with van der Waals surface area (Å²) in [7, 11) is 4.10. The Bertz CT molecular complexity index is 929. The van der Waals surface area contributed by atoms with Crippen molar-refractivity contribution in [1.29, 1.82) is 0 Å². The molecule has 3 rings (SSSR count).